The van der Waals surface area contributed by atoms with Crippen LogP contribution in [0.3, 0.4) is 0 Å². The molecule has 0 saturated heterocycles. The van der Waals surface area contributed by atoms with E-state index < -0.39 is 11.6 Å². The van der Waals surface area contributed by atoms with Crippen LogP contribution >= 0.6 is 0 Å². The number of carbonyl (C=O) groups excluding carboxylic acids is 1. The molecule has 3 aromatic carbocycles. The average molecular weight is 412 g/mol. The van der Waals surface area contributed by atoms with E-state index in [9.17, 15) is 4.79 Å². The number of nitrogens with zero attached hydrogens (tertiary/aromatic N) is 1. The van der Waals surface area contributed by atoms with Gasteiger partial charge in [-0.25, -0.2) is 4.98 Å². The molecule has 1 heterocycles. The fourth-order valence-corrected chi connectivity index (χ4v) is 4.03. The molecular weight excluding hydrogens is 386 g/mol. The Morgan fingerprint density at radius 1 is 0.903 bits per heavy atom. The average Bonchev–Trinajstić information content (AvgIpc) is 3.36. The first kappa shape index (κ1) is 20.6. The zero-order valence-electron chi connectivity index (χ0n) is 17.4. The number of aromatic amines is 1. The van der Waals surface area contributed by atoms with Crippen LogP contribution < -0.4 is 5.32 Å². The van der Waals surface area contributed by atoms with Gasteiger partial charge in [0, 0.05) is 18.3 Å². The van der Waals surface area contributed by atoms with Crippen LogP contribution in [-0.4, -0.2) is 29.1 Å². The van der Waals surface area contributed by atoms with Crippen molar-refractivity contribution in [2.75, 3.05) is 7.11 Å². The van der Waals surface area contributed by atoms with Crippen molar-refractivity contribution in [3.63, 3.8) is 0 Å². The first-order valence-corrected chi connectivity index (χ1v) is 10.2. The van der Waals surface area contributed by atoms with E-state index in [-0.39, 0.29) is 5.97 Å². The quantitative estimate of drug-likeness (QED) is 0.339. The summed E-state index contributed by atoms with van der Waals surface area (Å²) in [5, 5.41) is 3.68. The van der Waals surface area contributed by atoms with E-state index in [0.29, 0.717) is 6.42 Å². The third kappa shape index (κ3) is 4.27. The molecule has 0 aliphatic heterocycles. The standard InChI is InChI=1S/C26H25N3O2/c1-31-25(30)24(17-23-18-27-19-28-23)29-26(20-11-5-2-6-12-20,21-13-7-3-8-14-21)22-15-9-4-10-16-22/h2-16,18-19,24,29H,17H2,1H3,(H,27,28)/t24-/m0/s1. The molecule has 0 unspecified atom stereocenters. The molecule has 0 aliphatic carbocycles. The van der Waals surface area contributed by atoms with Gasteiger partial charge in [-0.05, 0) is 16.7 Å². The van der Waals surface area contributed by atoms with Crippen molar-refractivity contribution in [1.82, 2.24) is 15.3 Å². The van der Waals surface area contributed by atoms with Crippen molar-refractivity contribution < 1.29 is 9.53 Å². The molecule has 1 aromatic heterocycles. The summed E-state index contributed by atoms with van der Waals surface area (Å²) in [5.74, 6) is -0.332. The van der Waals surface area contributed by atoms with Crippen LogP contribution in [0.15, 0.2) is 104 Å². The summed E-state index contributed by atoms with van der Waals surface area (Å²) in [6.45, 7) is 0. The molecule has 0 bridgehead atoms. The minimum Gasteiger partial charge on any atom is -0.468 e. The van der Waals surface area contributed by atoms with Gasteiger partial charge in [-0.3, -0.25) is 10.1 Å². The Bertz CT molecular complexity index is 985. The van der Waals surface area contributed by atoms with Gasteiger partial charge in [0.05, 0.1) is 19.0 Å². The number of hydrogen-bond acceptors (Lipinski definition) is 4. The van der Waals surface area contributed by atoms with Gasteiger partial charge in [0.15, 0.2) is 0 Å². The number of nitrogens with one attached hydrogen (secondary N) is 2. The monoisotopic (exact) mass is 411 g/mol. The summed E-state index contributed by atoms with van der Waals surface area (Å²) in [5.41, 5.74) is 3.19. The van der Waals surface area contributed by atoms with E-state index in [2.05, 4.69) is 51.7 Å². The molecule has 156 valence electrons. The van der Waals surface area contributed by atoms with Crippen LogP contribution in [0.25, 0.3) is 0 Å². The summed E-state index contributed by atoms with van der Waals surface area (Å²) in [6.07, 6.45) is 3.76. The van der Waals surface area contributed by atoms with Gasteiger partial charge < -0.3 is 9.72 Å². The smallest absolute Gasteiger partial charge is 0.323 e. The summed E-state index contributed by atoms with van der Waals surface area (Å²) in [7, 11) is 1.42. The van der Waals surface area contributed by atoms with E-state index >= 15 is 0 Å². The molecule has 0 radical (unpaired) electrons. The number of imidazole rings is 1. The lowest BCUT2D eigenvalue weighted by molar-refractivity contribution is -0.143. The van der Waals surface area contributed by atoms with Crippen molar-refractivity contribution in [1.29, 1.82) is 0 Å². The summed E-state index contributed by atoms with van der Waals surface area (Å²) in [6, 6.07) is 29.9. The Morgan fingerprint density at radius 2 is 1.39 bits per heavy atom. The molecule has 5 nitrogen and oxygen atoms in total. The van der Waals surface area contributed by atoms with Crippen molar-refractivity contribution in [3.8, 4) is 0 Å². The highest BCUT2D eigenvalue weighted by atomic mass is 16.5. The minimum atomic E-state index is -0.761. The van der Waals surface area contributed by atoms with Crippen molar-refractivity contribution in [3.05, 3.63) is 126 Å². The number of rotatable bonds is 8. The van der Waals surface area contributed by atoms with Gasteiger partial charge in [0.25, 0.3) is 0 Å². The maximum Gasteiger partial charge on any atom is 0.323 e. The molecule has 0 saturated carbocycles. The fraction of sp³-hybridized carbons (Fsp3) is 0.154. The molecule has 0 aliphatic rings. The molecule has 5 heteroatoms. The van der Waals surface area contributed by atoms with Crippen LogP contribution in [0.4, 0.5) is 0 Å². The van der Waals surface area contributed by atoms with E-state index in [1.807, 2.05) is 54.6 Å². The lowest BCUT2D eigenvalue weighted by Crippen LogP contribution is -2.53. The van der Waals surface area contributed by atoms with Crippen LogP contribution in [-0.2, 0) is 21.5 Å². The Labute approximate surface area is 182 Å². The Hall–Kier alpha value is -3.70. The number of ether oxygens (including phenoxy) is 1. The second-order valence-electron chi connectivity index (χ2n) is 7.35. The number of methoxy groups -OCH3 is 1. The third-order valence-corrected chi connectivity index (χ3v) is 5.48. The number of benzene rings is 3. The zero-order valence-corrected chi connectivity index (χ0v) is 17.4. The first-order chi connectivity index (χ1) is 15.2. The highest BCUT2D eigenvalue weighted by molar-refractivity contribution is 5.76. The highest BCUT2D eigenvalue weighted by Crippen LogP contribution is 2.37. The number of carbonyl (C=O) groups is 1. The zero-order chi connectivity index (χ0) is 21.5. The largest absolute Gasteiger partial charge is 0.468 e. The third-order valence-electron chi connectivity index (χ3n) is 5.48. The lowest BCUT2D eigenvalue weighted by Gasteiger charge is -2.39. The number of esters is 1. The Kier molecular flexibility index (Phi) is 6.24. The van der Waals surface area contributed by atoms with Gasteiger partial charge in [0.1, 0.15) is 6.04 Å². The Morgan fingerprint density at radius 3 is 1.77 bits per heavy atom. The lowest BCUT2D eigenvalue weighted by atomic mass is 9.76. The SMILES string of the molecule is COC(=O)[C@H](Cc1cnc[nH]1)NC(c1ccccc1)(c1ccccc1)c1ccccc1. The summed E-state index contributed by atoms with van der Waals surface area (Å²) < 4.78 is 5.18. The molecule has 0 spiro atoms. The molecule has 0 amide bonds. The van der Waals surface area contributed by atoms with Crippen molar-refractivity contribution in [2.45, 2.75) is 18.0 Å². The molecular formula is C26H25N3O2. The summed E-state index contributed by atoms with van der Waals surface area (Å²) >= 11 is 0. The molecule has 4 aromatic rings. The highest BCUT2D eigenvalue weighted by Gasteiger charge is 2.40. The number of hydrogen-bond donors (Lipinski definition) is 2. The second kappa shape index (κ2) is 9.41. The van der Waals surface area contributed by atoms with E-state index in [1.165, 1.54) is 7.11 Å². The molecule has 4 rings (SSSR count). The predicted molar refractivity (Wildman–Crippen MR) is 120 cm³/mol. The normalized spacial score (nSPS) is 12.3. The molecule has 31 heavy (non-hydrogen) atoms. The van der Waals surface area contributed by atoms with Gasteiger partial charge >= 0.3 is 5.97 Å². The predicted octanol–water partition coefficient (Wildman–Crippen LogP) is 4.08. The summed E-state index contributed by atoms with van der Waals surface area (Å²) in [4.78, 5) is 20.1. The molecule has 2 N–H and O–H groups in total. The number of H-pyrrole nitrogens is 1. The first-order valence-electron chi connectivity index (χ1n) is 10.2. The molecule has 1 atom stereocenters. The maximum atomic E-state index is 12.9. The second-order valence-corrected chi connectivity index (χ2v) is 7.35. The number of aromatic nitrogens is 2. The van der Waals surface area contributed by atoms with E-state index in [4.69, 9.17) is 4.74 Å². The van der Waals surface area contributed by atoms with Crippen LogP contribution in [0.1, 0.15) is 22.4 Å². The van der Waals surface area contributed by atoms with Gasteiger partial charge in [0.2, 0.25) is 0 Å². The fourth-order valence-electron chi connectivity index (χ4n) is 4.03. The van der Waals surface area contributed by atoms with Gasteiger partial charge in [-0.15, -0.1) is 0 Å². The van der Waals surface area contributed by atoms with Crippen molar-refractivity contribution in [2.24, 2.45) is 0 Å². The van der Waals surface area contributed by atoms with Crippen molar-refractivity contribution >= 4 is 5.97 Å². The maximum absolute atomic E-state index is 12.9. The minimum absolute atomic E-state index is 0.332. The van der Waals surface area contributed by atoms with Crippen LogP contribution in [0, 0.1) is 0 Å². The van der Waals surface area contributed by atoms with Gasteiger partial charge in [-0.2, -0.15) is 0 Å². The Balaban J connectivity index is 1.91. The van der Waals surface area contributed by atoms with Crippen LogP contribution in [0.2, 0.25) is 0 Å². The van der Waals surface area contributed by atoms with E-state index in [1.54, 1.807) is 12.5 Å². The van der Waals surface area contributed by atoms with Gasteiger partial charge in [-0.1, -0.05) is 91.0 Å². The topological polar surface area (TPSA) is 67.0 Å². The van der Waals surface area contributed by atoms with Crippen LogP contribution in [0.5, 0.6) is 0 Å². The van der Waals surface area contributed by atoms with E-state index in [0.717, 1.165) is 22.4 Å². The molecule has 0 fully saturated rings.